The number of aromatic amines is 1. The minimum atomic E-state index is -4.54. The molecular formula is C12H9F3N2O2. The fraction of sp³-hybridized carbons (Fsp3) is 0.167. The normalized spacial score (nSPS) is 11.4. The molecule has 7 heteroatoms. The van der Waals surface area contributed by atoms with Crippen LogP contribution in [-0.2, 0) is 6.18 Å². The van der Waals surface area contributed by atoms with E-state index in [1.165, 1.54) is 25.3 Å². The first kappa shape index (κ1) is 13.1. The van der Waals surface area contributed by atoms with E-state index in [-0.39, 0.29) is 17.0 Å². The summed E-state index contributed by atoms with van der Waals surface area (Å²) in [4.78, 5) is 10.9. The van der Waals surface area contributed by atoms with E-state index in [0.29, 0.717) is 0 Å². The zero-order valence-corrected chi connectivity index (χ0v) is 9.78. The molecule has 4 nitrogen and oxygen atoms in total. The van der Waals surface area contributed by atoms with Crippen molar-refractivity contribution in [2.24, 2.45) is 0 Å². The Morgan fingerprint density at radius 1 is 1.21 bits per heavy atom. The topological polar surface area (TPSA) is 55.0 Å². The molecule has 1 aromatic carbocycles. The van der Waals surface area contributed by atoms with Crippen LogP contribution in [0.15, 0.2) is 35.1 Å². The lowest BCUT2D eigenvalue weighted by Crippen LogP contribution is -2.10. The Hall–Kier alpha value is -2.31. The van der Waals surface area contributed by atoms with Gasteiger partial charge in [-0.1, -0.05) is 0 Å². The SMILES string of the molecule is COc1ccc(-c2ccc(=O)[nH]n2)c(C(F)(F)F)c1. The van der Waals surface area contributed by atoms with E-state index in [9.17, 15) is 18.0 Å². The van der Waals surface area contributed by atoms with Gasteiger partial charge in [0.1, 0.15) is 5.75 Å². The lowest BCUT2D eigenvalue weighted by atomic mass is 10.0. The first-order valence-corrected chi connectivity index (χ1v) is 5.23. The Kier molecular flexibility index (Phi) is 3.28. The summed E-state index contributed by atoms with van der Waals surface area (Å²) in [5.41, 5.74) is -1.43. The van der Waals surface area contributed by atoms with Crippen molar-refractivity contribution in [3.8, 4) is 17.0 Å². The molecule has 0 fully saturated rings. The third kappa shape index (κ3) is 2.75. The smallest absolute Gasteiger partial charge is 0.417 e. The highest BCUT2D eigenvalue weighted by molar-refractivity contribution is 5.65. The second-order valence-electron chi connectivity index (χ2n) is 3.72. The van der Waals surface area contributed by atoms with Gasteiger partial charge in [-0.25, -0.2) is 5.10 Å². The van der Waals surface area contributed by atoms with Gasteiger partial charge in [-0.3, -0.25) is 4.79 Å². The minimum absolute atomic E-state index is 0.0366. The third-order valence-electron chi connectivity index (χ3n) is 2.49. The summed E-state index contributed by atoms with van der Waals surface area (Å²) in [6.45, 7) is 0. The zero-order valence-electron chi connectivity index (χ0n) is 9.78. The average molecular weight is 270 g/mol. The van der Waals surface area contributed by atoms with E-state index in [0.717, 1.165) is 12.1 Å². The molecular weight excluding hydrogens is 261 g/mol. The van der Waals surface area contributed by atoms with Crippen LogP contribution in [0.2, 0.25) is 0 Å². The second kappa shape index (κ2) is 4.75. The molecule has 0 aliphatic carbocycles. The van der Waals surface area contributed by atoms with Crippen molar-refractivity contribution in [2.45, 2.75) is 6.18 Å². The molecule has 1 aromatic heterocycles. The largest absolute Gasteiger partial charge is 0.497 e. The fourth-order valence-electron chi connectivity index (χ4n) is 1.60. The summed E-state index contributed by atoms with van der Waals surface area (Å²) in [7, 11) is 1.29. The van der Waals surface area contributed by atoms with Crippen LogP contribution in [0.1, 0.15) is 5.56 Å². The highest BCUT2D eigenvalue weighted by atomic mass is 19.4. The van der Waals surface area contributed by atoms with E-state index in [4.69, 9.17) is 4.74 Å². The average Bonchev–Trinajstić information content (AvgIpc) is 2.38. The van der Waals surface area contributed by atoms with Crippen LogP contribution in [0.3, 0.4) is 0 Å². The van der Waals surface area contributed by atoms with Crippen LogP contribution < -0.4 is 10.3 Å². The molecule has 0 radical (unpaired) electrons. The summed E-state index contributed by atoms with van der Waals surface area (Å²) in [5, 5.41) is 5.70. The zero-order chi connectivity index (χ0) is 14.0. The van der Waals surface area contributed by atoms with E-state index in [2.05, 4.69) is 10.2 Å². The third-order valence-corrected chi connectivity index (χ3v) is 2.49. The van der Waals surface area contributed by atoms with Crippen LogP contribution in [0.5, 0.6) is 5.75 Å². The molecule has 0 aliphatic rings. The Labute approximate surface area is 105 Å². The minimum Gasteiger partial charge on any atom is -0.497 e. The summed E-state index contributed by atoms with van der Waals surface area (Å²) >= 11 is 0. The number of H-pyrrole nitrogens is 1. The first-order chi connectivity index (χ1) is 8.91. The van der Waals surface area contributed by atoms with Gasteiger partial charge in [-0.05, 0) is 24.3 Å². The van der Waals surface area contributed by atoms with E-state index < -0.39 is 17.3 Å². The quantitative estimate of drug-likeness (QED) is 0.912. The lowest BCUT2D eigenvalue weighted by molar-refractivity contribution is -0.137. The van der Waals surface area contributed by atoms with Crippen LogP contribution in [0.25, 0.3) is 11.3 Å². The summed E-state index contributed by atoms with van der Waals surface area (Å²) < 4.78 is 43.7. The van der Waals surface area contributed by atoms with Gasteiger partial charge in [0.15, 0.2) is 0 Å². The van der Waals surface area contributed by atoms with Gasteiger partial charge in [0.25, 0.3) is 5.56 Å². The van der Waals surface area contributed by atoms with E-state index >= 15 is 0 Å². The Morgan fingerprint density at radius 3 is 2.47 bits per heavy atom. The number of nitrogens with one attached hydrogen (secondary N) is 1. The van der Waals surface area contributed by atoms with Crippen molar-refractivity contribution in [1.82, 2.24) is 10.2 Å². The maximum absolute atomic E-state index is 13.0. The number of rotatable bonds is 2. The number of halogens is 3. The van der Waals surface area contributed by atoms with Gasteiger partial charge in [0, 0.05) is 11.6 Å². The maximum atomic E-state index is 13.0. The standard InChI is InChI=1S/C12H9F3N2O2/c1-19-7-2-3-8(9(6-7)12(13,14)15)10-4-5-11(18)17-16-10/h2-6H,1H3,(H,17,18). The number of aromatic nitrogens is 2. The van der Waals surface area contributed by atoms with Crippen molar-refractivity contribution in [3.63, 3.8) is 0 Å². The molecule has 0 spiro atoms. The van der Waals surface area contributed by atoms with Crippen molar-refractivity contribution < 1.29 is 17.9 Å². The second-order valence-corrected chi connectivity index (χ2v) is 3.72. The van der Waals surface area contributed by atoms with Crippen molar-refractivity contribution in [3.05, 3.63) is 46.2 Å². The Balaban J connectivity index is 2.62. The lowest BCUT2D eigenvalue weighted by Gasteiger charge is -2.13. The first-order valence-electron chi connectivity index (χ1n) is 5.23. The van der Waals surface area contributed by atoms with Crippen LogP contribution in [0, 0.1) is 0 Å². The highest BCUT2D eigenvalue weighted by Crippen LogP contribution is 2.38. The van der Waals surface area contributed by atoms with Crippen molar-refractivity contribution in [1.29, 1.82) is 0 Å². The Bertz CT molecular complexity index is 630. The Morgan fingerprint density at radius 2 is 1.95 bits per heavy atom. The van der Waals surface area contributed by atoms with Gasteiger partial charge in [0.2, 0.25) is 0 Å². The predicted octanol–water partition coefficient (Wildman–Crippen LogP) is 2.46. The monoisotopic (exact) mass is 270 g/mol. The number of benzene rings is 1. The molecule has 0 amide bonds. The molecule has 2 rings (SSSR count). The molecule has 19 heavy (non-hydrogen) atoms. The summed E-state index contributed by atoms with van der Waals surface area (Å²) in [6.07, 6.45) is -4.54. The number of ether oxygens (including phenoxy) is 1. The number of methoxy groups -OCH3 is 1. The van der Waals surface area contributed by atoms with Crippen LogP contribution in [0.4, 0.5) is 13.2 Å². The molecule has 0 saturated carbocycles. The van der Waals surface area contributed by atoms with Gasteiger partial charge < -0.3 is 4.74 Å². The number of hydrogen-bond donors (Lipinski definition) is 1. The molecule has 0 atom stereocenters. The molecule has 1 heterocycles. The van der Waals surface area contributed by atoms with Crippen molar-refractivity contribution in [2.75, 3.05) is 7.11 Å². The summed E-state index contributed by atoms with van der Waals surface area (Å²) in [6, 6.07) is 5.89. The van der Waals surface area contributed by atoms with Gasteiger partial charge in [-0.15, -0.1) is 0 Å². The maximum Gasteiger partial charge on any atom is 0.417 e. The van der Waals surface area contributed by atoms with Crippen molar-refractivity contribution >= 4 is 0 Å². The molecule has 0 aliphatic heterocycles. The number of alkyl halides is 3. The van der Waals surface area contributed by atoms with Gasteiger partial charge >= 0.3 is 6.18 Å². The number of nitrogens with zero attached hydrogens (tertiary/aromatic N) is 1. The van der Waals surface area contributed by atoms with Crippen LogP contribution >= 0.6 is 0 Å². The fourth-order valence-corrected chi connectivity index (χ4v) is 1.60. The van der Waals surface area contributed by atoms with E-state index in [1.807, 2.05) is 0 Å². The molecule has 2 aromatic rings. The van der Waals surface area contributed by atoms with E-state index in [1.54, 1.807) is 0 Å². The van der Waals surface area contributed by atoms with Crippen LogP contribution in [-0.4, -0.2) is 17.3 Å². The molecule has 100 valence electrons. The van der Waals surface area contributed by atoms with Gasteiger partial charge in [-0.2, -0.15) is 18.3 Å². The predicted molar refractivity (Wildman–Crippen MR) is 61.8 cm³/mol. The van der Waals surface area contributed by atoms with Gasteiger partial charge in [0.05, 0.1) is 18.4 Å². The summed E-state index contributed by atoms with van der Waals surface area (Å²) in [5.74, 6) is 0.0977. The highest BCUT2D eigenvalue weighted by Gasteiger charge is 2.34. The molecule has 0 saturated heterocycles. The molecule has 0 unspecified atom stereocenters. The molecule has 0 bridgehead atoms. The number of hydrogen-bond acceptors (Lipinski definition) is 3. The molecule has 1 N–H and O–H groups in total.